The second-order valence-electron chi connectivity index (χ2n) is 8.68. The fourth-order valence-electron chi connectivity index (χ4n) is 4.77. The lowest BCUT2D eigenvalue weighted by Crippen LogP contribution is -2.26. The minimum absolute atomic E-state index is 0.171. The number of rotatable bonds is 8. The van der Waals surface area contributed by atoms with E-state index in [-0.39, 0.29) is 17.4 Å². The van der Waals surface area contributed by atoms with Gasteiger partial charge in [0.25, 0.3) is 0 Å². The molecule has 1 aliphatic carbocycles. The van der Waals surface area contributed by atoms with E-state index in [4.69, 9.17) is 18.9 Å². The molecule has 0 saturated carbocycles. The van der Waals surface area contributed by atoms with E-state index in [2.05, 4.69) is 10.6 Å². The maximum atomic E-state index is 13.4. The van der Waals surface area contributed by atoms with Gasteiger partial charge in [0, 0.05) is 18.2 Å². The topological polar surface area (TPSA) is 95.1 Å². The van der Waals surface area contributed by atoms with Gasteiger partial charge in [-0.05, 0) is 78.9 Å². The maximum absolute atomic E-state index is 13.4. The third-order valence-electron chi connectivity index (χ3n) is 6.36. The average molecular weight is 505 g/mol. The first-order chi connectivity index (χ1) is 17.9. The number of amides is 1. The first-order valence-electron chi connectivity index (χ1n) is 12.2. The SMILES string of the molecule is CCOc1ccc(Nc2ccc3c(cc2=O)C(NC(C)=O)CCc2cc(OC)c(OC)c(OC)c2-3)cc1. The smallest absolute Gasteiger partial charge is 0.217 e. The number of carbonyl (C=O) groups is 1. The number of nitrogens with one attached hydrogen (secondary N) is 2. The van der Waals surface area contributed by atoms with E-state index < -0.39 is 0 Å². The van der Waals surface area contributed by atoms with Crippen LogP contribution in [0.4, 0.5) is 11.4 Å². The van der Waals surface area contributed by atoms with Gasteiger partial charge in [0.05, 0.1) is 39.7 Å². The van der Waals surface area contributed by atoms with E-state index in [1.54, 1.807) is 33.5 Å². The van der Waals surface area contributed by atoms with Crippen LogP contribution in [0.15, 0.2) is 53.3 Å². The summed E-state index contributed by atoms with van der Waals surface area (Å²) >= 11 is 0. The average Bonchev–Trinajstić information content (AvgIpc) is 3.13. The largest absolute Gasteiger partial charge is 0.494 e. The number of carbonyl (C=O) groups excluding carboxylic acids is 1. The van der Waals surface area contributed by atoms with Crippen LogP contribution in [0.3, 0.4) is 0 Å². The Morgan fingerprint density at radius 1 is 0.973 bits per heavy atom. The summed E-state index contributed by atoms with van der Waals surface area (Å²) in [4.78, 5) is 25.5. The van der Waals surface area contributed by atoms with Crippen LogP contribution in [0, 0.1) is 0 Å². The second-order valence-corrected chi connectivity index (χ2v) is 8.68. The third kappa shape index (κ3) is 5.33. The van der Waals surface area contributed by atoms with E-state index in [1.165, 1.54) is 6.92 Å². The van der Waals surface area contributed by atoms with Crippen LogP contribution in [-0.4, -0.2) is 33.8 Å². The lowest BCUT2D eigenvalue weighted by molar-refractivity contribution is -0.119. The third-order valence-corrected chi connectivity index (χ3v) is 6.36. The second kappa shape index (κ2) is 11.2. The number of methoxy groups -OCH3 is 3. The van der Waals surface area contributed by atoms with Crippen molar-refractivity contribution in [2.75, 3.05) is 33.3 Å². The summed E-state index contributed by atoms with van der Waals surface area (Å²) in [6.45, 7) is 3.98. The van der Waals surface area contributed by atoms with Gasteiger partial charge in [-0.25, -0.2) is 0 Å². The Bertz CT molecular complexity index is 1350. The Balaban J connectivity index is 1.90. The Morgan fingerprint density at radius 3 is 2.32 bits per heavy atom. The predicted octanol–water partition coefficient (Wildman–Crippen LogP) is 5.01. The molecule has 2 N–H and O–H groups in total. The van der Waals surface area contributed by atoms with E-state index in [9.17, 15) is 9.59 Å². The van der Waals surface area contributed by atoms with Crippen molar-refractivity contribution in [1.29, 1.82) is 0 Å². The summed E-state index contributed by atoms with van der Waals surface area (Å²) < 4.78 is 22.5. The fourth-order valence-corrected chi connectivity index (χ4v) is 4.77. The molecule has 8 heteroatoms. The van der Waals surface area contributed by atoms with Crippen molar-refractivity contribution in [3.05, 3.63) is 69.9 Å². The zero-order valence-corrected chi connectivity index (χ0v) is 21.8. The molecule has 1 aliphatic rings. The minimum Gasteiger partial charge on any atom is -0.494 e. The maximum Gasteiger partial charge on any atom is 0.217 e. The lowest BCUT2D eigenvalue weighted by atomic mass is 9.95. The lowest BCUT2D eigenvalue weighted by Gasteiger charge is -2.19. The molecular weight excluding hydrogens is 472 g/mol. The zero-order valence-electron chi connectivity index (χ0n) is 21.8. The Kier molecular flexibility index (Phi) is 7.86. The van der Waals surface area contributed by atoms with Crippen molar-refractivity contribution in [2.45, 2.75) is 32.7 Å². The molecule has 1 atom stereocenters. The van der Waals surface area contributed by atoms with Crippen molar-refractivity contribution in [3.8, 4) is 34.1 Å². The molecule has 0 saturated heterocycles. The molecular formula is C29H32N2O6. The number of benzene rings is 2. The van der Waals surface area contributed by atoms with Crippen LogP contribution in [0.2, 0.25) is 0 Å². The van der Waals surface area contributed by atoms with Crippen molar-refractivity contribution < 1.29 is 23.7 Å². The molecule has 1 unspecified atom stereocenters. The molecule has 0 bridgehead atoms. The summed E-state index contributed by atoms with van der Waals surface area (Å²) in [7, 11) is 4.72. The van der Waals surface area contributed by atoms with Crippen LogP contribution in [0.5, 0.6) is 23.0 Å². The number of anilines is 2. The molecule has 3 aromatic rings. The number of fused-ring (bicyclic) bond motifs is 3. The summed E-state index contributed by atoms with van der Waals surface area (Å²) in [6.07, 6.45) is 1.24. The molecule has 4 rings (SSSR count). The number of aryl methyl sites for hydroxylation is 1. The van der Waals surface area contributed by atoms with E-state index in [0.717, 1.165) is 28.1 Å². The first kappa shape index (κ1) is 25.9. The molecule has 0 radical (unpaired) electrons. The number of hydrogen-bond donors (Lipinski definition) is 2. The van der Waals surface area contributed by atoms with Crippen LogP contribution in [0.25, 0.3) is 11.1 Å². The summed E-state index contributed by atoms with van der Waals surface area (Å²) in [5.74, 6) is 2.12. The number of hydrogen-bond acceptors (Lipinski definition) is 7. The van der Waals surface area contributed by atoms with Crippen LogP contribution in [0.1, 0.15) is 37.4 Å². The van der Waals surface area contributed by atoms with E-state index in [1.807, 2.05) is 43.3 Å². The molecule has 0 fully saturated rings. The molecule has 0 heterocycles. The van der Waals surface area contributed by atoms with Gasteiger partial charge in [-0.2, -0.15) is 0 Å². The van der Waals surface area contributed by atoms with Gasteiger partial charge in [-0.15, -0.1) is 0 Å². The standard InChI is InChI=1S/C29H32N2O6/c1-6-37-20-10-8-19(9-11-20)31-24-14-12-21-22(16-25(24)33)23(30-17(2)32)13-7-18-15-26(34-3)28(35-4)29(36-5)27(18)21/h8-12,14-16,23H,6-7,13H2,1-5H3,(H,30,32)(H,31,33). The van der Waals surface area contributed by atoms with Gasteiger partial charge in [-0.3, -0.25) is 9.59 Å². The quantitative estimate of drug-likeness (QED) is 0.446. The van der Waals surface area contributed by atoms with Gasteiger partial charge >= 0.3 is 0 Å². The molecule has 0 aromatic heterocycles. The predicted molar refractivity (Wildman–Crippen MR) is 144 cm³/mol. The highest BCUT2D eigenvalue weighted by atomic mass is 16.5. The Morgan fingerprint density at radius 2 is 1.70 bits per heavy atom. The normalized spacial score (nSPS) is 13.9. The molecule has 3 aromatic carbocycles. The van der Waals surface area contributed by atoms with Crippen LogP contribution in [-0.2, 0) is 11.2 Å². The van der Waals surface area contributed by atoms with Crippen LogP contribution < -0.4 is 35.0 Å². The van der Waals surface area contributed by atoms with Gasteiger partial charge < -0.3 is 29.6 Å². The molecule has 8 nitrogen and oxygen atoms in total. The van der Waals surface area contributed by atoms with Gasteiger partial charge in [0.1, 0.15) is 5.75 Å². The van der Waals surface area contributed by atoms with Crippen LogP contribution >= 0.6 is 0 Å². The zero-order chi connectivity index (χ0) is 26.5. The summed E-state index contributed by atoms with van der Waals surface area (Å²) in [6, 6.07) is 14.2. The molecule has 194 valence electrons. The van der Waals surface area contributed by atoms with Crippen molar-refractivity contribution >= 4 is 17.3 Å². The van der Waals surface area contributed by atoms with E-state index >= 15 is 0 Å². The van der Waals surface area contributed by atoms with Crippen molar-refractivity contribution in [1.82, 2.24) is 5.32 Å². The monoisotopic (exact) mass is 504 g/mol. The molecule has 0 aliphatic heterocycles. The van der Waals surface area contributed by atoms with Crippen molar-refractivity contribution in [3.63, 3.8) is 0 Å². The van der Waals surface area contributed by atoms with Crippen molar-refractivity contribution in [2.24, 2.45) is 0 Å². The summed E-state index contributed by atoms with van der Waals surface area (Å²) in [5.41, 5.74) is 4.23. The molecule has 0 spiro atoms. The van der Waals surface area contributed by atoms with Gasteiger partial charge in [0.2, 0.25) is 17.1 Å². The number of ether oxygens (including phenoxy) is 4. The summed E-state index contributed by atoms with van der Waals surface area (Å²) in [5, 5.41) is 6.24. The molecule has 1 amide bonds. The highest BCUT2D eigenvalue weighted by molar-refractivity contribution is 5.84. The van der Waals surface area contributed by atoms with E-state index in [0.29, 0.717) is 47.9 Å². The van der Waals surface area contributed by atoms with Gasteiger partial charge in [-0.1, -0.05) is 6.07 Å². The minimum atomic E-state index is -0.361. The van der Waals surface area contributed by atoms with Gasteiger partial charge in [0.15, 0.2) is 11.5 Å². The molecule has 37 heavy (non-hydrogen) atoms. The highest BCUT2D eigenvalue weighted by Gasteiger charge is 2.29. The Hall–Kier alpha value is -4.20. The Labute approximate surface area is 216 Å². The first-order valence-corrected chi connectivity index (χ1v) is 12.2. The fraction of sp³-hybridized carbons (Fsp3) is 0.310. The highest BCUT2D eigenvalue weighted by Crippen LogP contribution is 2.50.